The molecule has 1 aromatic carbocycles. The third-order valence-corrected chi connectivity index (χ3v) is 3.39. The first-order valence-corrected chi connectivity index (χ1v) is 6.90. The molecule has 0 radical (unpaired) electrons. The van der Waals surface area contributed by atoms with Gasteiger partial charge in [-0.3, -0.25) is 4.79 Å². The molecular weight excluding hydrogens is 294 g/mol. The van der Waals surface area contributed by atoms with Crippen LogP contribution in [0.2, 0.25) is 0 Å². The zero-order chi connectivity index (χ0) is 16.4. The van der Waals surface area contributed by atoms with Gasteiger partial charge in [-0.2, -0.15) is 5.10 Å². The number of ether oxygens (including phenoxy) is 1. The number of aromatic nitrogens is 4. The Morgan fingerprint density at radius 3 is 2.78 bits per heavy atom. The summed E-state index contributed by atoms with van der Waals surface area (Å²) in [5.74, 6) is 0.871. The van der Waals surface area contributed by atoms with Gasteiger partial charge in [0.2, 0.25) is 5.95 Å². The number of anilines is 1. The van der Waals surface area contributed by atoms with Crippen LogP contribution in [0, 0.1) is 0 Å². The standard InChI is InChI=1S/C16H15N5O2/c1-21-14(22)7-6-13(20-21)12-9-18-16(17)19-15(12)10-4-3-5-11(8-10)23-2/h3-9H,1-2H3,(H2,17,18,19). The van der Waals surface area contributed by atoms with E-state index >= 15 is 0 Å². The van der Waals surface area contributed by atoms with Gasteiger partial charge in [0.15, 0.2) is 0 Å². The largest absolute Gasteiger partial charge is 0.497 e. The quantitative estimate of drug-likeness (QED) is 0.787. The van der Waals surface area contributed by atoms with Crippen molar-refractivity contribution in [3.8, 4) is 28.3 Å². The van der Waals surface area contributed by atoms with Crippen LogP contribution in [-0.2, 0) is 7.05 Å². The normalized spacial score (nSPS) is 10.5. The molecule has 23 heavy (non-hydrogen) atoms. The van der Waals surface area contributed by atoms with Crippen LogP contribution in [0.3, 0.4) is 0 Å². The van der Waals surface area contributed by atoms with Gasteiger partial charge in [0.25, 0.3) is 5.56 Å². The maximum Gasteiger partial charge on any atom is 0.266 e. The van der Waals surface area contributed by atoms with Crippen LogP contribution >= 0.6 is 0 Å². The second-order valence-electron chi connectivity index (χ2n) is 4.90. The van der Waals surface area contributed by atoms with Crippen molar-refractivity contribution in [1.29, 1.82) is 0 Å². The van der Waals surface area contributed by atoms with E-state index in [4.69, 9.17) is 10.5 Å². The van der Waals surface area contributed by atoms with Crippen molar-refractivity contribution in [2.45, 2.75) is 0 Å². The van der Waals surface area contributed by atoms with Gasteiger partial charge in [0, 0.05) is 30.4 Å². The third kappa shape index (κ3) is 2.89. The van der Waals surface area contributed by atoms with Crippen LogP contribution < -0.4 is 16.0 Å². The molecule has 0 aliphatic carbocycles. The average Bonchev–Trinajstić information content (AvgIpc) is 2.57. The van der Waals surface area contributed by atoms with Crippen LogP contribution in [0.15, 0.2) is 47.4 Å². The Labute approximate surface area is 132 Å². The fourth-order valence-electron chi connectivity index (χ4n) is 2.22. The highest BCUT2D eigenvalue weighted by Crippen LogP contribution is 2.30. The summed E-state index contributed by atoms with van der Waals surface area (Å²) in [4.78, 5) is 19.9. The Morgan fingerprint density at radius 1 is 1.22 bits per heavy atom. The Hall–Kier alpha value is -3.22. The minimum atomic E-state index is -0.187. The number of hydrogen-bond acceptors (Lipinski definition) is 6. The molecular formula is C16H15N5O2. The van der Waals surface area contributed by atoms with Gasteiger partial charge in [0.05, 0.1) is 18.5 Å². The number of benzene rings is 1. The molecule has 7 nitrogen and oxygen atoms in total. The summed E-state index contributed by atoms with van der Waals surface area (Å²) < 4.78 is 6.52. The minimum Gasteiger partial charge on any atom is -0.497 e. The lowest BCUT2D eigenvalue weighted by atomic mass is 10.0. The Balaban J connectivity index is 2.21. The Kier molecular flexibility index (Phi) is 3.76. The number of hydrogen-bond donors (Lipinski definition) is 1. The zero-order valence-corrected chi connectivity index (χ0v) is 12.7. The van der Waals surface area contributed by atoms with E-state index in [-0.39, 0.29) is 11.5 Å². The number of rotatable bonds is 3. The number of aryl methyl sites for hydroxylation is 1. The highest BCUT2D eigenvalue weighted by Gasteiger charge is 2.13. The number of nitrogens with zero attached hydrogens (tertiary/aromatic N) is 4. The zero-order valence-electron chi connectivity index (χ0n) is 12.7. The van der Waals surface area contributed by atoms with Gasteiger partial charge < -0.3 is 10.5 Å². The van der Waals surface area contributed by atoms with E-state index < -0.39 is 0 Å². The van der Waals surface area contributed by atoms with Crippen molar-refractivity contribution < 1.29 is 4.74 Å². The molecule has 2 aromatic heterocycles. The van der Waals surface area contributed by atoms with Crippen molar-refractivity contribution in [2.24, 2.45) is 7.05 Å². The smallest absolute Gasteiger partial charge is 0.266 e. The van der Waals surface area contributed by atoms with Crippen LogP contribution in [0.5, 0.6) is 5.75 Å². The molecule has 0 amide bonds. The molecule has 0 unspecified atom stereocenters. The topological polar surface area (TPSA) is 95.9 Å². The molecule has 0 aliphatic heterocycles. The molecule has 0 bridgehead atoms. The van der Waals surface area contributed by atoms with E-state index in [0.717, 1.165) is 5.56 Å². The van der Waals surface area contributed by atoms with Gasteiger partial charge >= 0.3 is 0 Å². The predicted octanol–water partition coefficient (Wildman–Crippen LogP) is 1.50. The van der Waals surface area contributed by atoms with Gasteiger partial charge in [-0.05, 0) is 18.2 Å². The van der Waals surface area contributed by atoms with E-state index in [0.29, 0.717) is 22.7 Å². The predicted molar refractivity (Wildman–Crippen MR) is 86.9 cm³/mol. The molecule has 2 heterocycles. The fourth-order valence-corrected chi connectivity index (χ4v) is 2.22. The van der Waals surface area contributed by atoms with Gasteiger partial charge in [-0.15, -0.1) is 0 Å². The summed E-state index contributed by atoms with van der Waals surface area (Å²) in [5.41, 5.74) is 8.27. The molecule has 0 aliphatic rings. The Bertz CT molecular complexity index is 920. The van der Waals surface area contributed by atoms with Crippen molar-refractivity contribution in [3.63, 3.8) is 0 Å². The molecule has 0 saturated heterocycles. The molecule has 0 fully saturated rings. The summed E-state index contributed by atoms with van der Waals surface area (Å²) in [5, 5.41) is 4.25. The molecule has 3 aromatic rings. The van der Waals surface area contributed by atoms with Gasteiger partial charge in [0.1, 0.15) is 5.75 Å². The van der Waals surface area contributed by atoms with Crippen LogP contribution in [0.1, 0.15) is 0 Å². The summed E-state index contributed by atoms with van der Waals surface area (Å²) in [6.07, 6.45) is 1.60. The fraction of sp³-hybridized carbons (Fsp3) is 0.125. The lowest BCUT2D eigenvalue weighted by Crippen LogP contribution is -2.18. The van der Waals surface area contributed by atoms with E-state index in [2.05, 4.69) is 15.1 Å². The van der Waals surface area contributed by atoms with Gasteiger partial charge in [-0.1, -0.05) is 12.1 Å². The maximum atomic E-state index is 11.5. The lowest BCUT2D eigenvalue weighted by Gasteiger charge is -2.10. The second kappa shape index (κ2) is 5.88. The summed E-state index contributed by atoms with van der Waals surface area (Å²) in [6.45, 7) is 0. The first-order valence-electron chi connectivity index (χ1n) is 6.90. The van der Waals surface area contributed by atoms with Crippen LogP contribution in [-0.4, -0.2) is 26.9 Å². The van der Waals surface area contributed by atoms with Crippen LogP contribution in [0.25, 0.3) is 22.5 Å². The summed E-state index contributed by atoms with van der Waals surface area (Å²) in [6, 6.07) is 10.6. The number of methoxy groups -OCH3 is 1. The SMILES string of the molecule is COc1cccc(-c2nc(N)ncc2-c2ccc(=O)n(C)n2)c1. The molecule has 7 heteroatoms. The highest BCUT2D eigenvalue weighted by molar-refractivity contribution is 5.79. The maximum absolute atomic E-state index is 11.5. The monoisotopic (exact) mass is 309 g/mol. The highest BCUT2D eigenvalue weighted by atomic mass is 16.5. The van der Waals surface area contributed by atoms with Crippen molar-refractivity contribution in [2.75, 3.05) is 12.8 Å². The average molecular weight is 309 g/mol. The van der Waals surface area contributed by atoms with E-state index in [9.17, 15) is 4.79 Å². The summed E-state index contributed by atoms with van der Waals surface area (Å²) in [7, 11) is 3.19. The van der Waals surface area contributed by atoms with E-state index in [1.54, 1.807) is 26.4 Å². The molecule has 0 spiro atoms. The molecule has 2 N–H and O–H groups in total. The lowest BCUT2D eigenvalue weighted by molar-refractivity contribution is 0.415. The molecule has 116 valence electrons. The first-order chi connectivity index (χ1) is 11.1. The first kappa shape index (κ1) is 14.7. The van der Waals surface area contributed by atoms with Crippen molar-refractivity contribution in [1.82, 2.24) is 19.7 Å². The molecule has 0 atom stereocenters. The minimum absolute atomic E-state index is 0.163. The summed E-state index contributed by atoms with van der Waals surface area (Å²) >= 11 is 0. The van der Waals surface area contributed by atoms with E-state index in [1.807, 2.05) is 24.3 Å². The number of nitrogens with two attached hydrogens (primary N) is 1. The van der Waals surface area contributed by atoms with Crippen LogP contribution in [0.4, 0.5) is 5.95 Å². The third-order valence-electron chi connectivity index (χ3n) is 3.39. The van der Waals surface area contributed by atoms with E-state index in [1.165, 1.54) is 10.7 Å². The molecule has 3 rings (SSSR count). The van der Waals surface area contributed by atoms with Crippen molar-refractivity contribution >= 4 is 5.95 Å². The molecule has 0 saturated carbocycles. The Morgan fingerprint density at radius 2 is 2.04 bits per heavy atom. The second-order valence-corrected chi connectivity index (χ2v) is 4.90. The number of nitrogen functional groups attached to an aromatic ring is 1. The van der Waals surface area contributed by atoms with Gasteiger partial charge in [-0.25, -0.2) is 14.6 Å². The van der Waals surface area contributed by atoms with Crippen molar-refractivity contribution in [3.05, 3.63) is 52.9 Å².